The van der Waals surface area contributed by atoms with Crippen molar-refractivity contribution in [2.75, 3.05) is 33.4 Å². The fraction of sp³-hybridized carbons (Fsp3) is 0.900. The fourth-order valence-corrected chi connectivity index (χ4v) is 1.64. The second-order valence-corrected chi connectivity index (χ2v) is 3.85. The van der Waals surface area contributed by atoms with Crippen LogP contribution in [0.1, 0.15) is 13.3 Å². The molecule has 1 amide bonds. The van der Waals surface area contributed by atoms with E-state index >= 15 is 0 Å². The molecule has 1 aliphatic rings. The van der Waals surface area contributed by atoms with Crippen LogP contribution >= 0.6 is 0 Å². The first kappa shape index (κ1) is 12.4. The second-order valence-electron chi connectivity index (χ2n) is 3.85. The number of hydrogen-bond donors (Lipinski definition) is 2. The van der Waals surface area contributed by atoms with Gasteiger partial charge < -0.3 is 20.1 Å². The van der Waals surface area contributed by atoms with E-state index in [0.29, 0.717) is 19.7 Å². The Kier molecular flexibility index (Phi) is 5.01. The zero-order valence-corrected chi connectivity index (χ0v) is 9.40. The molecule has 1 rings (SSSR count). The largest absolute Gasteiger partial charge is 0.390 e. The molecule has 1 fully saturated rings. The van der Waals surface area contributed by atoms with Gasteiger partial charge >= 0.3 is 0 Å². The molecule has 0 unspecified atom stereocenters. The van der Waals surface area contributed by atoms with E-state index in [-0.39, 0.29) is 18.6 Å². The summed E-state index contributed by atoms with van der Waals surface area (Å²) >= 11 is 0. The van der Waals surface area contributed by atoms with Crippen LogP contribution in [0.25, 0.3) is 0 Å². The lowest BCUT2D eigenvalue weighted by Gasteiger charge is -2.26. The predicted octanol–water partition coefficient (Wildman–Crippen LogP) is -0.796. The smallest absolute Gasteiger partial charge is 0.248 e. The van der Waals surface area contributed by atoms with Crippen LogP contribution in [0.5, 0.6) is 0 Å². The van der Waals surface area contributed by atoms with Crippen LogP contribution in [0.4, 0.5) is 0 Å². The maximum Gasteiger partial charge on any atom is 0.248 e. The van der Waals surface area contributed by atoms with Crippen LogP contribution in [-0.4, -0.2) is 61.4 Å². The summed E-state index contributed by atoms with van der Waals surface area (Å²) in [6.45, 7) is 3.91. The topological polar surface area (TPSA) is 61.8 Å². The van der Waals surface area contributed by atoms with Gasteiger partial charge in [-0.2, -0.15) is 0 Å². The van der Waals surface area contributed by atoms with Crippen molar-refractivity contribution < 1.29 is 14.6 Å². The monoisotopic (exact) mass is 216 g/mol. The molecule has 2 N–H and O–H groups in total. The number of hydrogen-bond acceptors (Lipinski definition) is 4. The number of nitrogens with one attached hydrogen (secondary N) is 1. The molecule has 0 saturated carbocycles. The minimum absolute atomic E-state index is 0.0730. The Bertz CT molecular complexity index is 211. The summed E-state index contributed by atoms with van der Waals surface area (Å²) in [5.41, 5.74) is 0. The summed E-state index contributed by atoms with van der Waals surface area (Å²) < 4.78 is 5.17. The van der Waals surface area contributed by atoms with Gasteiger partial charge in [-0.25, -0.2) is 0 Å². The minimum Gasteiger partial charge on any atom is -0.390 e. The van der Waals surface area contributed by atoms with Crippen molar-refractivity contribution >= 4 is 5.91 Å². The van der Waals surface area contributed by atoms with E-state index in [0.717, 1.165) is 6.42 Å². The van der Waals surface area contributed by atoms with E-state index in [1.165, 1.54) is 0 Å². The van der Waals surface area contributed by atoms with Gasteiger partial charge in [0.25, 0.3) is 0 Å². The normalized spacial score (nSPS) is 25.5. The van der Waals surface area contributed by atoms with Crippen molar-refractivity contribution in [1.29, 1.82) is 0 Å². The first-order valence-corrected chi connectivity index (χ1v) is 5.39. The third-order valence-electron chi connectivity index (χ3n) is 2.62. The second kappa shape index (κ2) is 6.05. The summed E-state index contributed by atoms with van der Waals surface area (Å²) in [4.78, 5) is 13.2. The summed E-state index contributed by atoms with van der Waals surface area (Å²) in [5.74, 6) is -0.0730. The first-order valence-electron chi connectivity index (χ1n) is 5.39. The highest BCUT2D eigenvalue weighted by Gasteiger charge is 2.30. The van der Waals surface area contributed by atoms with Crippen LogP contribution in [0, 0.1) is 0 Å². The highest BCUT2D eigenvalue weighted by Crippen LogP contribution is 2.07. The number of rotatable bonds is 5. The number of carbonyl (C=O) groups excluding carboxylic acids is 1. The van der Waals surface area contributed by atoms with E-state index in [1.807, 2.05) is 6.92 Å². The third kappa shape index (κ3) is 3.44. The number of amides is 1. The van der Waals surface area contributed by atoms with E-state index in [9.17, 15) is 9.90 Å². The molecule has 0 aromatic carbocycles. The molecule has 0 aromatic heterocycles. The lowest BCUT2D eigenvalue weighted by atomic mass is 10.2. The van der Waals surface area contributed by atoms with Crippen molar-refractivity contribution in [3.8, 4) is 0 Å². The van der Waals surface area contributed by atoms with Crippen molar-refractivity contribution in [2.24, 2.45) is 0 Å². The Morgan fingerprint density at radius 2 is 2.33 bits per heavy atom. The first-order chi connectivity index (χ1) is 7.16. The number of ether oxygens (including phenoxy) is 1. The zero-order chi connectivity index (χ0) is 11.3. The molecule has 15 heavy (non-hydrogen) atoms. The predicted molar refractivity (Wildman–Crippen MR) is 56.5 cm³/mol. The Balaban J connectivity index is 2.31. The lowest BCUT2D eigenvalue weighted by molar-refractivity contribution is -0.138. The molecule has 0 bridgehead atoms. The van der Waals surface area contributed by atoms with Crippen molar-refractivity contribution in [3.63, 3.8) is 0 Å². The van der Waals surface area contributed by atoms with E-state index < -0.39 is 6.10 Å². The van der Waals surface area contributed by atoms with Crippen LogP contribution < -0.4 is 5.32 Å². The van der Waals surface area contributed by atoms with E-state index in [2.05, 4.69) is 5.32 Å². The minimum atomic E-state index is -0.467. The molecule has 88 valence electrons. The quantitative estimate of drug-likeness (QED) is 0.591. The SMILES string of the molecule is CCCOCC(=O)N(C)[C@H]1CNC[C@@H]1O. The summed E-state index contributed by atoms with van der Waals surface area (Å²) in [5, 5.41) is 12.6. The number of aliphatic hydroxyl groups excluding tert-OH is 1. The molecular formula is C10H20N2O3. The van der Waals surface area contributed by atoms with Crippen LogP contribution in [-0.2, 0) is 9.53 Å². The molecule has 0 aliphatic carbocycles. The van der Waals surface area contributed by atoms with Gasteiger partial charge in [0.1, 0.15) is 6.61 Å². The molecule has 0 aromatic rings. The standard InChI is InChI=1S/C10H20N2O3/c1-3-4-15-7-10(14)12(2)8-5-11-6-9(8)13/h8-9,11,13H,3-7H2,1-2H3/t8-,9-/m0/s1. The van der Waals surface area contributed by atoms with E-state index in [4.69, 9.17) is 4.74 Å². The zero-order valence-electron chi connectivity index (χ0n) is 9.40. The summed E-state index contributed by atoms with van der Waals surface area (Å²) in [7, 11) is 1.71. The third-order valence-corrected chi connectivity index (χ3v) is 2.62. The lowest BCUT2D eigenvalue weighted by Crippen LogP contribution is -2.45. The molecule has 1 aliphatic heterocycles. The molecule has 0 spiro atoms. The number of aliphatic hydroxyl groups is 1. The van der Waals surface area contributed by atoms with Gasteiger partial charge in [-0.15, -0.1) is 0 Å². The molecule has 0 radical (unpaired) electrons. The Morgan fingerprint density at radius 1 is 1.60 bits per heavy atom. The van der Waals surface area contributed by atoms with Crippen molar-refractivity contribution in [2.45, 2.75) is 25.5 Å². The highest BCUT2D eigenvalue weighted by atomic mass is 16.5. The number of nitrogens with zero attached hydrogens (tertiary/aromatic N) is 1. The van der Waals surface area contributed by atoms with Crippen LogP contribution in [0.2, 0.25) is 0 Å². The molecule has 1 saturated heterocycles. The van der Waals surface area contributed by atoms with Gasteiger partial charge in [-0.3, -0.25) is 4.79 Å². The molecule has 5 heteroatoms. The molecular weight excluding hydrogens is 196 g/mol. The van der Waals surface area contributed by atoms with Gasteiger partial charge in [0.2, 0.25) is 5.91 Å². The van der Waals surface area contributed by atoms with Crippen LogP contribution in [0.15, 0.2) is 0 Å². The van der Waals surface area contributed by atoms with E-state index in [1.54, 1.807) is 11.9 Å². The van der Waals surface area contributed by atoms with Crippen molar-refractivity contribution in [1.82, 2.24) is 10.2 Å². The van der Waals surface area contributed by atoms with Gasteiger partial charge in [0.05, 0.1) is 12.1 Å². The van der Waals surface area contributed by atoms with Gasteiger partial charge in [0, 0.05) is 26.7 Å². The Labute approximate surface area is 90.4 Å². The average molecular weight is 216 g/mol. The number of β-amino-alcohol motifs (C(OH)–C–C–N with tert-alkyl or cyclic N) is 1. The average Bonchev–Trinajstić information content (AvgIpc) is 2.63. The fourth-order valence-electron chi connectivity index (χ4n) is 1.64. The summed E-state index contributed by atoms with van der Waals surface area (Å²) in [6, 6.07) is -0.122. The maximum absolute atomic E-state index is 11.6. The highest BCUT2D eigenvalue weighted by molar-refractivity contribution is 5.77. The van der Waals surface area contributed by atoms with Gasteiger partial charge in [-0.1, -0.05) is 6.92 Å². The van der Waals surface area contributed by atoms with Gasteiger partial charge in [-0.05, 0) is 6.42 Å². The molecule has 5 nitrogen and oxygen atoms in total. The number of carbonyl (C=O) groups is 1. The summed E-state index contributed by atoms with van der Waals surface area (Å²) in [6.07, 6.45) is 0.440. The Morgan fingerprint density at radius 3 is 2.87 bits per heavy atom. The van der Waals surface area contributed by atoms with Crippen molar-refractivity contribution in [3.05, 3.63) is 0 Å². The maximum atomic E-state index is 11.6. The molecule has 1 heterocycles. The van der Waals surface area contributed by atoms with Gasteiger partial charge in [0.15, 0.2) is 0 Å². The molecule has 2 atom stereocenters. The Hall–Kier alpha value is -0.650. The number of likely N-dealkylation sites (N-methyl/N-ethyl adjacent to an activating group) is 1. The van der Waals surface area contributed by atoms with Crippen LogP contribution in [0.3, 0.4) is 0 Å².